The Morgan fingerprint density at radius 3 is 2.74 bits per heavy atom. The number of allylic oxidation sites excluding steroid dienone is 4. The molecule has 0 saturated heterocycles. The van der Waals surface area contributed by atoms with Gasteiger partial charge in [0.15, 0.2) is 10.4 Å². The zero-order valence-electron chi connectivity index (χ0n) is 16.2. The summed E-state index contributed by atoms with van der Waals surface area (Å²) in [5.41, 5.74) is 4.09. The highest BCUT2D eigenvalue weighted by molar-refractivity contribution is 9.10. The number of oxazole rings is 1. The van der Waals surface area contributed by atoms with Gasteiger partial charge in [0.2, 0.25) is 5.89 Å². The number of aromatic nitrogens is 3. The van der Waals surface area contributed by atoms with E-state index in [0.29, 0.717) is 16.5 Å². The summed E-state index contributed by atoms with van der Waals surface area (Å²) in [7, 11) is 0. The van der Waals surface area contributed by atoms with Gasteiger partial charge in [0.25, 0.3) is 0 Å². The van der Waals surface area contributed by atoms with Gasteiger partial charge in [-0.05, 0) is 39.9 Å². The van der Waals surface area contributed by atoms with Crippen LogP contribution in [0.4, 0.5) is 0 Å². The van der Waals surface area contributed by atoms with Crippen molar-refractivity contribution in [3.05, 3.63) is 58.4 Å². The molecule has 0 fully saturated rings. The molecule has 2 heterocycles. The zero-order chi connectivity index (χ0) is 19.2. The molecule has 0 aliphatic heterocycles. The van der Waals surface area contributed by atoms with Crippen LogP contribution in [0.1, 0.15) is 39.8 Å². The largest absolute Gasteiger partial charge is 0.427 e. The van der Waals surface area contributed by atoms with Crippen molar-refractivity contribution in [1.29, 1.82) is 0 Å². The van der Waals surface area contributed by atoms with Crippen LogP contribution in [-0.4, -0.2) is 14.8 Å². The van der Waals surface area contributed by atoms with Crippen LogP contribution in [-0.2, 0) is 12.0 Å². The van der Waals surface area contributed by atoms with Crippen molar-refractivity contribution < 1.29 is 4.42 Å². The molecule has 0 radical (unpaired) electrons. The monoisotopic (exact) mass is 425 g/mol. The Labute approximate surface area is 168 Å². The van der Waals surface area contributed by atoms with Crippen molar-refractivity contribution in [2.45, 2.75) is 46.1 Å². The number of rotatable bonds is 3. The lowest BCUT2D eigenvalue weighted by molar-refractivity contribution is 0.519. The van der Waals surface area contributed by atoms with Gasteiger partial charge in [-0.15, -0.1) is 0 Å². The summed E-state index contributed by atoms with van der Waals surface area (Å²) in [5.74, 6) is 1.09. The fraction of sp³-hybridized carbons (Fsp3) is 0.364. The van der Waals surface area contributed by atoms with E-state index in [-0.39, 0.29) is 5.41 Å². The fourth-order valence-corrected chi connectivity index (χ4v) is 4.28. The highest BCUT2D eigenvalue weighted by atomic mass is 79.9. The minimum Gasteiger partial charge on any atom is -0.427 e. The molecular formula is C22H24BrN3O. The standard InChI is InChI=1S/C22H24BrN3O/c1-14-9-5-6-10-15(14)13-26-17-12-8-7-11-16(17)18(25-26)21-24-19(20(23)27-21)22(2,3)4/h5-8,10-12,14H,9,13H2,1-4H3. The number of fused-ring (bicyclic) bond motifs is 1. The highest BCUT2D eigenvalue weighted by Gasteiger charge is 2.26. The second-order valence-corrected chi connectivity index (χ2v) is 8.94. The Hall–Kier alpha value is -2.14. The summed E-state index contributed by atoms with van der Waals surface area (Å²) in [5, 5.41) is 5.96. The summed E-state index contributed by atoms with van der Waals surface area (Å²) in [6, 6.07) is 8.28. The Morgan fingerprint density at radius 1 is 1.26 bits per heavy atom. The lowest BCUT2D eigenvalue weighted by atomic mass is 9.93. The van der Waals surface area contributed by atoms with E-state index in [1.54, 1.807) is 0 Å². The first kappa shape index (κ1) is 18.2. The molecule has 1 unspecified atom stereocenters. The average molecular weight is 426 g/mol. The zero-order valence-corrected chi connectivity index (χ0v) is 17.7. The van der Waals surface area contributed by atoms with Crippen LogP contribution in [0.3, 0.4) is 0 Å². The highest BCUT2D eigenvalue weighted by Crippen LogP contribution is 2.36. The van der Waals surface area contributed by atoms with Crippen molar-refractivity contribution in [2.75, 3.05) is 0 Å². The van der Waals surface area contributed by atoms with Crippen molar-refractivity contribution in [1.82, 2.24) is 14.8 Å². The van der Waals surface area contributed by atoms with E-state index in [0.717, 1.165) is 35.3 Å². The summed E-state index contributed by atoms with van der Waals surface area (Å²) in [6.07, 6.45) is 7.66. The lowest BCUT2D eigenvalue weighted by Crippen LogP contribution is -2.12. The molecule has 1 aliphatic rings. The van der Waals surface area contributed by atoms with Gasteiger partial charge in [0.1, 0.15) is 0 Å². The van der Waals surface area contributed by atoms with E-state index in [2.05, 4.69) is 84.7 Å². The first-order valence-electron chi connectivity index (χ1n) is 9.33. The van der Waals surface area contributed by atoms with E-state index >= 15 is 0 Å². The van der Waals surface area contributed by atoms with Crippen LogP contribution >= 0.6 is 15.9 Å². The molecule has 0 amide bonds. The first-order valence-corrected chi connectivity index (χ1v) is 10.1. The molecule has 1 aromatic carbocycles. The van der Waals surface area contributed by atoms with Crippen LogP contribution in [0.5, 0.6) is 0 Å². The minimum absolute atomic E-state index is 0.104. The second kappa shape index (κ2) is 6.79. The molecule has 27 heavy (non-hydrogen) atoms. The van der Waals surface area contributed by atoms with E-state index in [9.17, 15) is 0 Å². The lowest BCUT2D eigenvalue weighted by Gasteiger charge is -2.17. The molecule has 0 bridgehead atoms. The molecule has 4 nitrogen and oxygen atoms in total. The molecule has 0 saturated carbocycles. The summed E-state index contributed by atoms with van der Waals surface area (Å²) < 4.78 is 8.71. The molecule has 140 valence electrons. The molecule has 4 rings (SSSR count). The summed E-state index contributed by atoms with van der Waals surface area (Å²) >= 11 is 3.53. The number of halogens is 1. The third-order valence-corrected chi connectivity index (χ3v) is 5.60. The SMILES string of the molecule is CC1CC=CC=C1Cn1nc(-c2nc(C(C)(C)C)c(Br)o2)c2ccccc21. The fourth-order valence-electron chi connectivity index (χ4n) is 3.44. The second-order valence-electron chi connectivity index (χ2n) is 8.22. The topological polar surface area (TPSA) is 43.9 Å². The maximum atomic E-state index is 5.96. The van der Waals surface area contributed by atoms with Gasteiger partial charge in [-0.2, -0.15) is 5.10 Å². The van der Waals surface area contributed by atoms with E-state index in [1.807, 2.05) is 6.07 Å². The van der Waals surface area contributed by atoms with Crippen molar-refractivity contribution in [3.63, 3.8) is 0 Å². The molecule has 0 spiro atoms. The van der Waals surface area contributed by atoms with Crippen molar-refractivity contribution in [2.24, 2.45) is 5.92 Å². The van der Waals surface area contributed by atoms with Crippen LogP contribution in [0.2, 0.25) is 0 Å². The molecule has 5 heteroatoms. The van der Waals surface area contributed by atoms with Gasteiger partial charge in [-0.3, -0.25) is 4.68 Å². The van der Waals surface area contributed by atoms with E-state index in [4.69, 9.17) is 14.5 Å². The van der Waals surface area contributed by atoms with Gasteiger partial charge < -0.3 is 4.42 Å². The van der Waals surface area contributed by atoms with Crippen molar-refractivity contribution in [3.8, 4) is 11.6 Å². The Bertz CT molecular complexity index is 1050. The third kappa shape index (κ3) is 3.41. The van der Waals surface area contributed by atoms with Crippen LogP contribution < -0.4 is 0 Å². The maximum Gasteiger partial charge on any atom is 0.249 e. The number of hydrogen-bond acceptors (Lipinski definition) is 3. The molecule has 0 N–H and O–H groups in total. The van der Waals surface area contributed by atoms with E-state index in [1.165, 1.54) is 5.57 Å². The predicted octanol–water partition coefficient (Wildman–Crippen LogP) is 6.27. The van der Waals surface area contributed by atoms with Crippen molar-refractivity contribution >= 4 is 26.8 Å². The molecule has 3 aromatic rings. The smallest absolute Gasteiger partial charge is 0.249 e. The molecule has 1 aliphatic carbocycles. The molecular weight excluding hydrogens is 402 g/mol. The summed E-state index contributed by atoms with van der Waals surface area (Å²) in [6.45, 7) is 9.42. The number of nitrogens with zero attached hydrogens (tertiary/aromatic N) is 3. The van der Waals surface area contributed by atoms with Gasteiger partial charge in [0.05, 0.1) is 17.8 Å². The number of hydrogen-bond donors (Lipinski definition) is 0. The van der Waals surface area contributed by atoms with Gasteiger partial charge in [-0.25, -0.2) is 4.98 Å². The van der Waals surface area contributed by atoms with Crippen LogP contribution in [0, 0.1) is 5.92 Å². The Morgan fingerprint density at radius 2 is 2.04 bits per heavy atom. The van der Waals surface area contributed by atoms with Gasteiger partial charge >= 0.3 is 0 Å². The van der Waals surface area contributed by atoms with E-state index < -0.39 is 0 Å². The number of para-hydroxylation sites is 1. The van der Waals surface area contributed by atoms with Gasteiger partial charge in [0, 0.05) is 10.8 Å². The van der Waals surface area contributed by atoms with Gasteiger partial charge in [-0.1, -0.05) is 64.1 Å². The van der Waals surface area contributed by atoms with Crippen LogP contribution in [0.15, 0.2) is 57.2 Å². The normalized spacial score (nSPS) is 17.5. The summed E-state index contributed by atoms with van der Waals surface area (Å²) in [4.78, 5) is 4.76. The van der Waals surface area contributed by atoms with Crippen LogP contribution in [0.25, 0.3) is 22.5 Å². The average Bonchev–Trinajstić information content (AvgIpc) is 3.18. The number of benzene rings is 1. The molecule has 1 atom stereocenters. The Balaban J connectivity index is 1.81. The maximum absolute atomic E-state index is 5.96. The third-order valence-electron chi connectivity index (χ3n) is 5.06. The quantitative estimate of drug-likeness (QED) is 0.496. The predicted molar refractivity (Wildman–Crippen MR) is 113 cm³/mol. The minimum atomic E-state index is -0.104. The first-order chi connectivity index (χ1) is 12.8. The Kier molecular flexibility index (Phi) is 4.58. The molecule has 2 aromatic heterocycles.